The molecule has 1 aliphatic carbocycles. The van der Waals surface area contributed by atoms with E-state index in [1.165, 1.54) is 18.8 Å². The molecule has 0 aromatic carbocycles. The Morgan fingerprint density at radius 1 is 1.29 bits per heavy atom. The Kier molecular flexibility index (Phi) is 5.31. The average molecular weight is 290 g/mol. The lowest BCUT2D eigenvalue weighted by atomic mass is 9.86. The third kappa shape index (κ3) is 4.28. The van der Waals surface area contributed by atoms with E-state index in [9.17, 15) is 9.59 Å². The molecule has 0 radical (unpaired) electrons. The van der Waals surface area contributed by atoms with Crippen LogP contribution in [0, 0.1) is 5.92 Å². The minimum Gasteiger partial charge on any atom is -0.449 e. The number of nitrogens with zero attached hydrogens (tertiary/aromatic N) is 1. The zero-order chi connectivity index (χ0) is 15.2. The van der Waals surface area contributed by atoms with Gasteiger partial charge in [0.2, 0.25) is 0 Å². The van der Waals surface area contributed by atoms with E-state index in [0.29, 0.717) is 11.5 Å². The Morgan fingerprint density at radius 3 is 2.62 bits per heavy atom. The second kappa shape index (κ2) is 7.20. The monoisotopic (exact) mass is 290 g/mol. The molecule has 1 aromatic heterocycles. The van der Waals surface area contributed by atoms with Crippen molar-refractivity contribution >= 4 is 11.9 Å². The molecule has 0 aliphatic heterocycles. The fraction of sp³-hybridized carbons (Fsp3) is 0.562. The largest absolute Gasteiger partial charge is 0.449 e. The van der Waals surface area contributed by atoms with Crippen LogP contribution in [0.5, 0.6) is 0 Å². The van der Waals surface area contributed by atoms with Crippen LogP contribution < -0.4 is 5.32 Å². The first-order valence-electron chi connectivity index (χ1n) is 7.49. The highest BCUT2D eigenvalue weighted by molar-refractivity contribution is 5.92. The van der Waals surface area contributed by atoms with E-state index >= 15 is 0 Å². The number of esters is 1. The molecule has 1 amide bonds. The molecule has 0 spiro atoms. The van der Waals surface area contributed by atoms with E-state index in [1.54, 1.807) is 19.1 Å². The number of aromatic nitrogens is 1. The van der Waals surface area contributed by atoms with Crippen molar-refractivity contribution in [2.75, 3.05) is 0 Å². The molecule has 5 nitrogen and oxygen atoms in total. The Bertz CT molecular complexity index is 490. The van der Waals surface area contributed by atoms with Gasteiger partial charge in [0, 0.05) is 18.4 Å². The van der Waals surface area contributed by atoms with Crippen LogP contribution >= 0.6 is 0 Å². The molecule has 0 bridgehead atoms. The predicted molar refractivity (Wildman–Crippen MR) is 78.7 cm³/mol. The topological polar surface area (TPSA) is 68.3 Å². The SMILES string of the molecule is C[C@@H](OC(=O)c1ccncc1)C(=O)N[C@H]1CCCC[C@@H]1C. The molecule has 2 rings (SSSR count). The van der Waals surface area contributed by atoms with Gasteiger partial charge >= 0.3 is 5.97 Å². The average Bonchev–Trinajstić information content (AvgIpc) is 2.50. The van der Waals surface area contributed by atoms with Crippen molar-refractivity contribution in [3.63, 3.8) is 0 Å². The van der Waals surface area contributed by atoms with Crippen LogP contribution in [-0.4, -0.2) is 29.0 Å². The fourth-order valence-electron chi connectivity index (χ4n) is 2.60. The third-order valence-electron chi connectivity index (χ3n) is 4.01. The number of rotatable bonds is 4. The van der Waals surface area contributed by atoms with Crippen molar-refractivity contribution in [3.8, 4) is 0 Å². The number of nitrogens with one attached hydrogen (secondary N) is 1. The summed E-state index contributed by atoms with van der Waals surface area (Å²) in [6.07, 6.45) is 6.74. The van der Waals surface area contributed by atoms with Gasteiger partial charge in [-0.15, -0.1) is 0 Å². The standard InChI is InChI=1S/C16H22N2O3/c1-11-5-3-4-6-14(11)18-15(19)12(2)21-16(20)13-7-9-17-10-8-13/h7-12,14H,3-6H2,1-2H3,(H,18,19)/t11-,12+,14-/m0/s1. The lowest BCUT2D eigenvalue weighted by molar-refractivity contribution is -0.130. The van der Waals surface area contributed by atoms with Gasteiger partial charge in [-0.25, -0.2) is 4.79 Å². The van der Waals surface area contributed by atoms with Gasteiger partial charge in [0.15, 0.2) is 6.10 Å². The maximum atomic E-state index is 12.1. The van der Waals surface area contributed by atoms with Crippen LogP contribution in [0.4, 0.5) is 0 Å². The number of pyridine rings is 1. The van der Waals surface area contributed by atoms with Gasteiger partial charge in [0.1, 0.15) is 0 Å². The Labute approximate surface area is 125 Å². The fourth-order valence-corrected chi connectivity index (χ4v) is 2.60. The van der Waals surface area contributed by atoms with Crippen LogP contribution in [0.25, 0.3) is 0 Å². The van der Waals surface area contributed by atoms with Gasteiger partial charge in [-0.05, 0) is 37.8 Å². The number of ether oxygens (including phenoxy) is 1. The number of hydrogen-bond donors (Lipinski definition) is 1. The first-order valence-corrected chi connectivity index (χ1v) is 7.49. The Hall–Kier alpha value is -1.91. The van der Waals surface area contributed by atoms with Crippen LogP contribution in [0.15, 0.2) is 24.5 Å². The number of carbonyl (C=O) groups is 2. The minimum absolute atomic E-state index is 0.188. The maximum absolute atomic E-state index is 12.1. The van der Waals surface area contributed by atoms with E-state index < -0.39 is 12.1 Å². The molecule has 1 saturated carbocycles. The molecule has 1 heterocycles. The minimum atomic E-state index is -0.792. The van der Waals surface area contributed by atoms with Crippen molar-refractivity contribution in [2.24, 2.45) is 5.92 Å². The molecule has 1 aromatic rings. The maximum Gasteiger partial charge on any atom is 0.339 e. The first-order chi connectivity index (χ1) is 10.1. The van der Waals surface area contributed by atoms with Crippen molar-refractivity contribution in [3.05, 3.63) is 30.1 Å². The third-order valence-corrected chi connectivity index (χ3v) is 4.01. The predicted octanol–water partition coefficient (Wildman–Crippen LogP) is 2.32. The number of amides is 1. The molecule has 3 atom stereocenters. The number of carbonyl (C=O) groups excluding carboxylic acids is 2. The summed E-state index contributed by atoms with van der Waals surface area (Å²) in [6, 6.07) is 3.32. The van der Waals surface area contributed by atoms with E-state index in [0.717, 1.165) is 19.3 Å². The van der Waals surface area contributed by atoms with Crippen LogP contribution in [0.2, 0.25) is 0 Å². The zero-order valence-corrected chi connectivity index (χ0v) is 12.5. The summed E-state index contributed by atoms with van der Waals surface area (Å²) >= 11 is 0. The van der Waals surface area contributed by atoms with Gasteiger partial charge in [0.05, 0.1) is 5.56 Å². The lowest BCUT2D eigenvalue weighted by Crippen LogP contribution is -2.45. The Balaban J connectivity index is 1.86. The molecule has 114 valence electrons. The van der Waals surface area contributed by atoms with Gasteiger partial charge < -0.3 is 10.1 Å². The van der Waals surface area contributed by atoms with E-state index in [-0.39, 0.29) is 11.9 Å². The van der Waals surface area contributed by atoms with Crippen LogP contribution in [-0.2, 0) is 9.53 Å². The van der Waals surface area contributed by atoms with E-state index in [4.69, 9.17) is 4.74 Å². The molecule has 5 heteroatoms. The van der Waals surface area contributed by atoms with E-state index in [2.05, 4.69) is 17.2 Å². The first kappa shape index (κ1) is 15.5. The Morgan fingerprint density at radius 2 is 1.95 bits per heavy atom. The van der Waals surface area contributed by atoms with Crippen LogP contribution in [0.3, 0.4) is 0 Å². The summed E-state index contributed by atoms with van der Waals surface area (Å²) in [5.74, 6) is -0.251. The summed E-state index contributed by atoms with van der Waals surface area (Å²) in [4.78, 5) is 27.8. The van der Waals surface area contributed by atoms with Gasteiger partial charge in [-0.2, -0.15) is 0 Å². The van der Waals surface area contributed by atoms with Crippen molar-refractivity contribution in [1.29, 1.82) is 0 Å². The second-order valence-electron chi connectivity index (χ2n) is 5.66. The molecule has 1 fully saturated rings. The summed E-state index contributed by atoms with van der Waals surface area (Å²) < 4.78 is 5.20. The highest BCUT2D eigenvalue weighted by Crippen LogP contribution is 2.23. The molecule has 0 saturated heterocycles. The normalized spacial score (nSPS) is 23.1. The van der Waals surface area contributed by atoms with Gasteiger partial charge in [-0.1, -0.05) is 19.8 Å². The quantitative estimate of drug-likeness (QED) is 0.864. The molecule has 21 heavy (non-hydrogen) atoms. The summed E-state index contributed by atoms with van der Waals surface area (Å²) in [7, 11) is 0. The highest BCUT2D eigenvalue weighted by atomic mass is 16.5. The molecule has 1 N–H and O–H groups in total. The zero-order valence-electron chi connectivity index (χ0n) is 12.5. The summed E-state index contributed by atoms with van der Waals surface area (Å²) in [5.41, 5.74) is 0.399. The van der Waals surface area contributed by atoms with E-state index in [1.807, 2.05) is 0 Å². The summed E-state index contributed by atoms with van der Waals surface area (Å²) in [5, 5.41) is 3.00. The van der Waals surface area contributed by atoms with Crippen molar-refractivity contribution < 1.29 is 14.3 Å². The smallest absolute Gasteiger partial charge is 0.339 e. The summed E-state index contributed by atoms with van der Waals surface area (Å²) in [6.45, 7) is 3.75. The highest BCUT2D eigenvalue weighted by Gasteiger charge is 2.26. The van der Waals surface area contributed by atoms with Crippen molar-refractivity contribution in [2.45, 2.75) is 51.7 Å². The van der Waals surface area contributed by atoms with Gasteiger partial charge in [-0.3, -0.25) is 9.78 Å². The lowest BCUT2D eigenvalue weighted by Gasteiger charge is -2.30. The molecule has 0 unspecified atom stereocenters. The van der Waals surface area contributed by atoms with Crippen LogP contribution in [0.1, 0.15) is 49.9 Å². The number of hydrogen-bond acceptors (Lipinski definition) is 4. The molecular weight excluding hydrogens is 268 g/mol. The molecular formula is C16H22N2O3. The van der Waals surface area contributed by atoms with Gasteiger partial charge in [0.25, 0.3) is 5.91 Å². The molecule has 1 aliphatic rings. The second-order valence-corrected chi connectivity index (χ2v) is 5.66. The van der Waals surface area contributed by atoms with Crippen molar-refractivity contribution in [1.82, 2.24) is 10.3 Å².